The van der Waals surface area contributed by atoms with E-state index in [9.17, 15) is 0 Å². The molecule has 3 aromatic rings. The Bertz CT molecular complexity index is 754. The first kappa shape index (κ1) is 10.1. The second-order valence-electron chi connectivity index (χ2n) is 5.52. The molecule has 18 heavy (non-hydrogen) atoms. The topological polar surface area (TPSA) is 17.3 Å². The average molecular weight is 236 g/mol. The van der Waals surface area contributed by atoms with Gasteiger partial charge in [0.25, 0.3) is 0 Å². The number of hydrogen-bond donors (Lipinski definition) is 0. The SMILES string of the molecule is CC1CC(C)c2c1nc1c3ccccc3ccn21. The zero-order chi connectivity index (χ0) is 12.3. The molecule has 0 N–H and O–H groups in total. The van der Waals surface area contributed by atoms with Crippen molar-refractivity contribution in [3.05, 3.63) is 47.9 Å². The zero-order valence-corrected chi connectivity index (χ0v) is 10.7. The Morgan fingerprint density at radius 1 is 1.11 bits per heavy atom. The highest BCUT2D eigenvalue weighted by atomic mass is 15.0. The number of benzene rings is 1. The molecule has 0 aliphatic heterocycles. The summed E-state index contributed by atoms with van der Waals surface area (Å²) in [5.74, 6) is 1.21. The van der Waals surface area contributed by atoms with E-state index in [1.807, 2.05) is 0 Å². The van der Waals surface area contributed by atoms with Crippen LogP contribution in [-0.2, 0) is 0 Å². The summed E-state index contributed by atoms with van der Waals surface area (Å²) in [4.78, 5) is 4.92. The highest BCUT2D eigenvalue weighted by Gasteiger charge is 2.30. The Balaban J connectivity index is 2.17. The molecule has 2 heteroatoms. The van der Waals surface area contributed by atoms with E-state index in [0.29, 0.717) is 11.8 Å². The molecule has 0 fully saturated rings. The Labute approximate surface area is 106 Å². The predicted octanol–water partition coefficient (Wildman–Crippen LogP) is 4.10. The normalized spacial score (nSPS) is 22.8. The van der Waals surface area contributed by atoms with Crippen molar-refractivity contribution in [2.45, 2.75) is 32.1 Å². The summed E-state index contributed by atoms with van der Waals surface area (Å²) in [5.41, 5.74) is 3.85. The number of hydrogen-bond acceptors (Lipinski definition) is 1. The molecule has 1 aliphatic rings. The van der Waals surface area contributed by atoms with E-state index in [-0.39, 0.29) is 0 Å². The van der Waals surface area contributed by atoms with Crippen molar-refractivity contribution in [1.29, 1.82) is 0 Å². The largest absolute Gasteiger partial charge is 0.303 e. The van der Waals surface area contributed by atoms with Crippen LogP contribution >= 0.6 is 0 Å². The highest BCUT2D eigenvalue weighted by Crippen LogP contribution is 2.41. The smallest absolute Gasteiger partial charge is 0.145 e. The first-order chi connectivity index (χ1) is 8.75. The molecular weight excluding hydrogens is 220 g/mol. The van der Waals surface area contributed by atoms with E-state index in [4.69, 9.17) is 4.98 Å². The lowest BCUT2D eigenvalue weighted by molar-refractivity contribution is 0.642. The third kappa shape index (κ3) is 1.15. The lowest BCUT2D eigenvalue weighted by atomic mass is 10.1. The van der Waals surface area contributed by atoms with Crippen molar-refractivity contribution >= 4 is 16.4 Å². The maximum atomic E-state index is 4.92. The summed E-state index contributed by atoms with van der Waals surface area (Å²) >= 11 is 0. The van der Waals surface area contributed by atoms with E-state index in [1.165, 1.54) is 28.6 Å². The van der Waals surface area contributed by atoms with Gasteiger partial charge in [-0.25, -0.2) is 4.98 Å². The quantitative estimate of drug-likeness (QED) is 0.574. The fraction of sp³-hybridized carbons (Fsp3) is 0.312. The summed E-state index contributed by atoms with van der Waals surface area (Å²) in [6.07, 6.45) is 3.41. The third-order valence-corrected chi connectivity index (χ3v) is 4.22. The number of fused-ring (bicyclic) bond motifs is 5. The summed E-state index contributed by atoms with van der Waals surface area (Å²) in [6, 6.07) is 10.7. The molecule has 0 saturated carbocycles. The van der Waals surface area contributed by atoms with Crippen molar-refractivity contribution < 1.29 is 0 Å². The second kappa shape index (κ2) is 3.35. The Hall–Kier alpha value is -1.83. The highest BCUT2D eigenvalue weighted by molar-refractivity contribution is 5.94. The molecule has 2 atom stereocenters. The first-order valence-electron chi connectivity index (χ1n) is 6.65. The molecule has 0 saturated heterocycles. The molecule has 0 spiro atoms. The minimum Gasteiger partial charge on any atom is -0.303 e. The van der Waals surface area contributed by atoms with Crippen LogP contribution in [0.4, 0.5) is 0 Å². The molecule has 0 amide bonds. The van der Waals surface area contributed by atoms with Gasteiger partial charge in [-0.1, -0.05) is 38.1 Å². The fourth-order valence-corrected chi connectivity index (χ4v) is 3.41. The Morgan fingerprint density at radius 3 is 2.83 bits per heavy atom. The van der Waals surface area contributed by atoms with Crippen LogP contribution in [0.3, 0.4) is 0 Å². The minimum absolute atomic E-state index is 0.591. The zero-order valence-electron chi connectivity index (χ0n) is 10.7. The van der Waals surface area contributed by atoms with Gasteiger partial charge >= 0.3 is 0 Å². The predicted molar refractivity (Wildman–Crippen MR) is 74.1 cm³/mol. The molecule has 4 rings (SSSR count). The van der Waals surface area contributed by atoms with Crippen LogP contribution in [0.25, 0.3) is 16.4 Å². The van der Waals surface area contributed by atoms with E-state index in [0.717, 1.165) is 5.65 Å². The lowest BCUT2D eigenvalue weighted by Crippen LogP contribution is -1.95. The number of nitrogens with zero attached hydrogens (tertiary/aromatic N) is 2. The van der Waals surface area contributed by atoms with Gasteiger partial charge in [-0.2, -0.15) is 0 Å². The number of rotatable bonds is 0. The van der Waals surface area contributed by atoms with E-state index < -0.39 is 0 Å². The summed E-state index contributed by atoms with van der Waals surface area (Å²) < 4.78 is 2.30. The molecule has 90 valence electrons. The number of pyridine rings is 1. The van der Waals surface area contributed by atoms with Crippen molar-refractivity contribution in [3.63, 3.8) is 0 Å². The van der Waals surface area contributed by atoms with Crippen LogP contribution in [0.15, 0.2) is 36.5 Å². The molecule has 1 aromatic carbocycles. The van der Waals surface area contributed by atoms with Crippen LogP contribution in [0.5, 0.6) is 0 Å². The fourth-order valence-electron chi connectivity index (χ4n) is 3.41. The lowest BCUT2D eigenvalue weighted by Gasteiger charge is -2.07. The molecule has 2 nitrogen and oxygen atoms in total. The molecule has 0 bridgehead atoms. The molecule has 2 aromatic heterocycles. The molecule has 1 aliphatic carbocycles. The van der Waals surface area contributed by atoms with E-state index in [2.05, 4.69) is 54.8 Å². The van der Waals surface area contributed by atoms with Crippen LogP contribution in [-0.4, -0.2) is 9.38 Å². The maximum Gasteiger partial charge on any atom is 0.145 e. The average Bonchev–Trinajstić information content (AvgIpc) is 2.89. The van der Waals surface area contributed by atoms with Gasteiger partial charge in [-0.15, -0.1) is 0 Å². The maximum absolute atomic E-state index is 4.92. The van der Waals surface area contributed by atoms with Crippen molar-refractivity contribution in [2.75, 3.05) is 0 Å². The van der Waals surface area contributed by atoms with Gasteiger partial charge in [0.05, 0.1) is 5.69 Å². The Kier molecular flexibility index (Phi) is 1.88. The van der Waals surface area contributed by atoms with Crippen LogP contribution in [0.1, 0.15) is 43.5 Å². The minimum atomic E-state index is 0.591. The van der Waals surface area contributed by atoms with Crippen molar-refractivity contribution in [1.82, 2.24) is 9.38 Å². The van der Waals surface area contributed by atoms with E-state index >= 15 is 0 Å². The summed E-state index contributed by atoms with van der Waals surface area (Å²) in [5, 5.41) is 2.53. The Morgan fingerprint density at radius 2 is 1.94 bits per heavy atom. The van der Waals surface area contributed by atoms with E-state index in [1.54, 1.807) is 0 Å². The van der Waals surface area contributed by atoms with Gasteiger partial charge in [0.2, 0.25) is 0 Å². The van der Waals surface area contributed by atoms with Crippen LogP contribution in [0.2, 0.25) is 0 Å². The van der Waals surface area contributed by atoms with Gasteiger partial charge in [0.1, 0.15) is 5.65 Å². The van der Waals surface area contributed by atoms with Gasteiger partial charge in [0, 0.05) is 23.2 Å². The standard InChI is InChI=1S/C16H16N2/c1-10-9-11(2)15-14(10)17-16-13-6-4-3-5-12(13)7-8-18(15)16/h3-8,10-11H,9H2,1-2H3. The molecular formula is C16H16N2. The second-order valence-corrected chi connectivity index (χ2v) is 5.52. The summed E-state index contributed by atoms with van der Waals surface area (Å²) in [7, 11) is 0. The molecule has 2 heterocycles. The third-order valence-electron chi connectivity index (χ3n) is 4.22. The molecule has 0 radical (unpaired) electrons. The van der Waals surface area contributed by atoms with Crippen molar-refractivity contribution in [2.24, 2.45) is 0 Å². The van der Waals surface area contributed by atoms with Crippen LogP contribution in [0, 0.1) is 0 Å². The first-order valence-corrected chi connectivity index (χ1v) is 6.65. The number of imidazole rings is 1. The summed E-state index contributed by atoms with van der Waals surface area (Å²) in [6.45, 7) is 4.60. The molecule has 2 unspecified atom stereocenters. The van der Waals surface area contributed by atoms with Gasteiger partial charge in [0.15, 0.2) is 0 Å². The van der Waals surface area contributed by atoms with Crippen molar-refractivity contribution in [3.8, 4) is 0 Å². The monoisotopic (exact) mass is 236 g/mol. The van der Waals surface area contributed by atoms with Gasteiger partial charge < -0.3 is 4.40 Å². The van der Waals surface area contributed by atoms with Crippen LogP contribution < -0.4 is 0 Å². The van der Waals surface area contributed by atoms with Gasteiger partial charge in [-0.05, 0) is 23.8 Å². The number of aromatic nitrogens is 2. The van der Waals surface area contributed by atoms with Gasteiger partial charge in [-0.3, -0.25) is 0 Å².